The van der Waals surface area contributed by atoms with Crippen LogP contribution in [0.15, 0.2) is 42.5 Å². The van der Waals surface area contributed by atoms with E-state index in [4.69, 9.17) is 24.7 Å². The van der Waals surface area contributed by atoms with Crippen LogP contribution in [0.5, 0.6) is 17.2 Å². The van der Waals surface area contributed by atoms with Crippen molar-refractivity contribution in [2.24, 2.45) is 0 Å². The van der Waals surface area contributed by atoms with Crippen molar-refractivity contribution in [1.29, 1.82) is 0 Å². The lowest BCUT2D eigenvalue weighted by Gasteiger charge is -2.28. The molecule has 0 aromatic heterocycles. The van der Waals surface area contributed by atoms with Gasteiger partial charge < -0.3 is 24.7 Å². The number of hydrogen-bond donors (Lipinski definition) is 1. The van der Waals surface area contributed by atoms with E-state index in [1.54, 1.807) is 14.2 Å². The summed E-state index contributed by atoms with van der Waals surface area (Å²) in [6, 6.07) is 13.4. The van der Waals surface area contributed by atoms with Crippen LogP contribution in [-0.4, -0.2) is 26.4 Å². The number of anilines is 1. The Hall–Kier alpha value is -2.40. The summed E-state index contributed by atoms with van der Waals surface area (Å²) in [4.78, 5) is 0. The number of ether oxygens (including phenoxy) is 4. The molecule has 0 radical (unpaired) electrons. The molecule has 1 aliphatic carbocycles. The zero-order chi connectivity index (χ0) is 18.4. The van der Waals surface area contributed by atoms with Crippen LogP contribution in [0.3, 0.4) is 0 Å². The summed E-state index contributed by atoms with van der Waals surface area (Å²) in [6.07, 6.45) is 4.62. The molecule has 5 heteroatoms. The maximum atomic E-state index is 6.15. The number of hydrogen-bond acceptors (Lipinski definition) is 5. The summed E-state index contributed by atoms with van der Waals surface area (Å²) in [5.74, 6) is 2.29. The summed E-state index contributed by atoms with van der Waals surface area (Å²) in [5, 5.41) is 0. The monoisotopic (exact) mass is 357 g/mol. The van der Waals surface area contributed by atoms with Crippen molar-refractivity contribution in [3.63, 3.8) is 0 Å². The molecule has 1 aliphatic rings. The number of rotatable bonds is 7. The van der Waals surface area contributed by atoms with Gasteiger partial charge in [-0.2, -0.15) is 0 Å². The molecule has 0 saturated heterocycles. The van der Waals surface area contributed by atoms with Gasteiger partial charge in [-0.3, -0.25) is 0 Å². The predicted octanol–water partition coefficient (Wildman–Crippen LogP) is 4.19. The molecule has 2 aromatic carbocycles. The second kappa shape index (κ2) is 8.81. The Kier molecular flexibility index (Phi) is 6.23. The summed E-state index contributed by atoms with van der Waals surface area (Å²) >= 11 is 0. The van der Waals surface area contributed by atoms with Gasteiger partial charge in [0.1, 0.15) is 23.9 Å². The molecular weight excluding hydrogens is 330 g/mol. The Balaban J connectivity index is 1.53. The molecule has 0 spiro atoms. The number of nitrogen functional groups attached to an aromatic ring is 1. The molecule has 5 nitrogen and oxygen atoms in total. The fourth-order valence-electron chi connectivity index (χ4n) is 3.18. The average Bonchev–Trinajstić information content (AvgIpc) is 2.69. The molecule has 3 rings (SSSR count). The summed E-state index contributed by atoms with van der Waals surface area (Å²) in [5.41, 5.74) is 7.82. The summed E-state index contributed by atoms with van der Waals surface area (Å²) < 4.78 is 22.5. The Bertz CT molecular complexity index is 694. The maximum Gasteiger partial charge on any atom is 0.142 e. The van der Waals surface area contributed by atoms with Crippen molar-refractivity contribution in [3.05, 3.63) is 48.0 Å². The highest BCUT2D eigenvalue weighted by Crippen LogP contribution is 2.31. The van der Waals surface area contributed by atoms with Crippen LogP contribution in [0.1, 0.15) is 31.2 Å². The van der Waals surface area contributed by atoms with E-state index in [-0.39, 0.29) is 6.10 Å². The topological polar surface area (TPSA) is 62.9 Å². The minimum Gasteiger partial charge on any atom is -0.497 e. The number of benzene rings is 2. The van der Waals surface area contributed by atoms with Gasteiger partial charge in [-0.1, -0.05) is 12.1 Å². The van der Waals surface area contributed by atoms with Crippen molar-refractivity contribution in [2.75, 3.05) is 20.0 Å². The van der Waals surface area contributed by atoms with Crippen molar-refractivity contribution in [3.8, 4) is 17.2 Å². The Morgan fingerprint density at radius 2 is 1.54 bits per heavy atom. The third kappa shape index (κ3) is 4.82. The molecule has 0 atom stereocenters. The maximum absolute atomic E-state index is 6.15. The second-order valence-electron chi connectivity index (χ2n) is 6.59. The van der Waals surface area contributed by atoms with Gasteiger partial charge in [0.05, 0.1) is 25.0 Å². The normalized spacial score (nSPS) is 19.8. The first-order valence-corrected chi connectivity index (χ1v) is 9.02. The van der Waals surface area contributed by atoms with E-state index in [1.807, 2.05) is 42.5 Å². The Labute approximate surface area is 155 Å². The number of methoxy groups -OCH3 is 2. The quantitative estimate of drug-likeness (QED) is 0.753. The van der Waals surface area contributed by atoms with Crippen molar-refractivity contribution >= 4 is 5.69 Å². The Morgan fingerprint density at radius 3 is 2.15 bits per heavy atom. The number of nitrogens with two attached hydrogens (primary N) is 1. The fraction of sp³-hybridized carbons (Fsp3) is 0.429. The molecule has 0 heterocycles. The van der Waals surface area contributed by atoms with Crippen LogP contribution in [0, 0.1) is 0 Å². The highest BCUT2D eigenvalue weighted by molar-refractivity contribution is 5.56. The van der Waals surface area contributed by atoms with Crippen molar-refractivity contribution in [2.45, 2.75) is 44.5 Å². The lowest BCUT2D eigenvalue weighted by Crippen LogP contribution is -2.27. The first-order chi connectivity index (χ1) is 12.7. The van der Waals surface area contributed by atoms with Gasteiger partial charge in [0, 0.05) is 13.2 Å². The van der Waals surface area contributed by atoms with Gasteiger partial charge in [0.15, 0.2) is 0 Å². The first-order valence-electron chi connectivity index (χ1n) is 9.02. The molecule has 26 heavy (non-hydrogen) atoms. The molecule has 2 N–H and O–H groups in total. The van der Waals surface area contributed by atoms with Gasteiger partial charge in [0.25, 0.3) is 0 Å². The molecule has 0 unspecified atom stereocenters. The van der Waals surface area contributed by atoms with Crippen LogP contribution in [0.2, 0.25) is 0 Å². The molecule has 1 saturated carbocycles. The van der Waals surface area contributed by atoms with Crippen molar-refractivity contribution < 1.29 is 18.9 Å². The predicted molar refractivity (Wildman–Crippen MR) is 102 cm³/mol. The largest absolute Gasteiger partial charge is 0.497 e. The molecule has 0 amide bonds. The van der Waals surface area contributed by atoms with E-state index in [0.717, 1.165) is 48.5 Å². The van der Waals surface area contributed by atoms with Crippen molar-refractivity contribution in [1.82, 2.24) is 0 Å². The van der Waals surface area contributed by atoms with E-state index in [2.05, 4.69) is 0 Å². The second-order valence-corrected chi connectivity index (χ2v) is 6.59. The minimum absolute atomic E-state index is 0.203. The zero-order valence-corrected chi connectivity index (χ0v) is 15.4. The molecular formula is C21H27NO4. The van der Waals surface area contributed by atoms with E-state index < -0.39 is 0 Å². The average molecular weight is 357 g/mol. The zero-order valence-electron chi connectivity index (χ0n) is 15.4. The molecule has 0 bridgehead atoms. The van der Waals surface area contributed by atoms with Gasteiger partial charge in [-0.25, -0.2) is 0 Å². The molecule has 1 fully saturated rings. The minimum atomic E-state index is 0.203. The van der Waals surface area contributed by atoms with E-state index >= 15 is 0 Å². The van der Waals surface area contributed by atoms with Gasteiger partial charge in [-0.15, -0.1) is 0 Å². The van der Waals surface area contributed by atoms with Gasteiger partial charge >= 0.3 is 0 Å². The first kappa shape index (κ1) is 18.4. The highest BCUT2D eigenvalue weighted by atomic mass is 16.5. The van der Waals surface area contributed by atoms with Gasteiger partial charge in [0.2, 0.25) is 0 Å². The molecule has 0 aliphatic heterocycles. The third-order valence-corrected chi connectivity index (χ3v) is 4.79. The SMILES string of the molecule is COc1ccc(COc2ccc(O[C@H]3CC[C@H](OC)CC3)c(N)c2)cc1. The lowest BCUT2D eigenvalue weighted by molar-refractivity contribution is 0.0329. The smallest absolute Gasteiger partial charge is 0.142 e. The van der Waals surface area contributed by atoms with E-state index in [0.29, 0.717) is 18.4 Å². The summed E-state index contributed by atoms with van der Waals surface area (Å²) in [6.45, 7) is 0.477. The van der Waals surface area contributed by atoms with E-state index in [1.165, 1.54) is 0 Å². The lowest BCUT2D eigenvalue weighted by atomic mass is 9.95. The van der Waals surface area contributed by atoms with Gasteiger partial charge in [-0.05, 0) is 55.5 Å². The van der Waals surface area contributed by atoms with Crippen LogP contribution in [0.25, 0.3) is 0 Å². The molecule has 140 valence electrons. The van der Waals surface area contributed by atoms with Crippen LogP contribution in [0.4, 0.5) is 5.69 Å². The summed E-state index contributed by atoms with van der Waals surface area (Å²) in [7, 11) is 3.43. The van der Waals surface area contributed by atoms with Crippen LogP contribution in [-0.2, 0) is 11.3 Å². The van der Waals surface area contributed by atoms with Crippen LogP contribution < -0.4 is 19.9 Å². The fourth-order valence-corrected chi connectivity index (χ4v) is 3.18. The van der Waals surface area contributed by atoms with E-state index in [9.17, 15) is 0 Å². The third-order valence-electron chi connectivity index (χ3n) is 4.79. The highest BCUT2D eigenvalue weighted by Gasteiger charge is 2.22. The van der Waals surface area contributed by atoms with Crippen LogP contribution >= 0.6 is 0 Å². The standard InChI is InChI=1S/C21H27NO4/c1-23-16-5-3-15(4-6-16)14-25-19-11-12-21(20(22)13-19)26-18-9-7-17(24-2)8-10-18/h3-6,11-13,17-18H,7-10,14,22H2,1-2H3/t17-,18-. The Morgan fingerprint density at radius 1 is 0.885 bits per heavy atom. The molecule has 2 aromatic rings.